The molecule has 21 heavy (non-hydrogen) atoms. The smallest absolute Gasteiger partial charge is 0.307 e. The third-order valence-electron chi connectivity index (χ3n) is 3.86. The van der Waals surface area contributed by atoms with E-state index in [-0.39, 0.29) is 18.5 Å². The van der Waals surface area contributed by atoms with Gasteiger partial charge < -0.3 is 10.0 Å². The number of rotatable bonds is 6. The first kappa shape index (κ1) is 16.0. The number of carboxylic acids is 1. The number of carbonyl (C=O) groups excluding carboxylic acids is 1. The van der Waals surface area contributed by atoms with Gasteiger partial charge in [0.05, 0.1) is 18.5 Å². The molecule has 5 nitrogen and oxygen atoms in total. The highest BCUT2D eigenvalue weighted by Gasteiger charge is 2.31. The summed E-state index contributed by atoms with van der Waals surface area (Å²) in [6.45, 7) is 3.12. The molecular weight excluding hydrogens is 288 g/mol. The molecule has 1 aromatic rings. The second-order valence-electron chi connectivity index (χ2n) is 5.70. The zero-order chi connectivity index (χ0) is 15.4. The van der Waals surface area contributed by atoms with E-state index in [1.165, 1.54) is 4.88 Å². The number of carboxylic acid groups (broad SMARTS) is 1. The summed E-state index contributed by atoms with van der Waals surface area (Å²) in [5.74, 6) is -1.20. The number of likely N-dealkylation sites (N-methyl/N-ethyl adjacent to an activating group) is 1. The van der Waals surface area contributed by atoms with Crippen LogP contribution in [0.3, 0.4) is 0 Å². The van der Waals surface area contributed by atoms with Gasteiger partial charge in [-0.3, -0.25) is 14.5 Å². The minimum Gasteiger partial charge on any atom is -0.481 e. The molecule has 0 bridgehead atoms. The van der Waals surface area contributed by atoms with Gasteiger partial charge in [-0.05, 0) is 31.3 Å². The maximum absolute atomic E-state index is 12.5. The van der Waals surface area contributed by atoms with Gasteiger partial charge in [0, 0.05) is 18.0 Å². The van der Waals surface area contributed by atoms with Crippen LogP contribution in [0.25, 0.3) is 0 Å². The molecule has 0 radical (unpaired) electrons. The van der Waals surface area contributed by atoms with Gasteiger partial charge in [-0.2, -0.15) is 0 Å². The summed E-state index contributed by atoms with van der Waals surface area (Å²) in [7, 11) is 1.80. The second kappa shape index (κ2) is 7.04. The molecule has 2 unspecified atom stereocenters. The van der Waals surface area contributed by atoms with Gasteiger partial charge in [-0.1, -0.05) is 13.0 Å². The lowest BCUT2D eigenvalue weighted by atomic mass is 10.1. The molecule has 1 fully saturated rings. The van der Waals surface area contributed by atoms with Gasteiger partial charge in [0.15, 0.2) is 0 Å². The first-order valence-corrected chi connectivity index (χ1v) is 8.11. The number of carbonyl (C=O) groups is 2. The van der Waals surface area contributed by atoms with Gasteiger partial charge in [0.25, 0.3) is 0 Å². The van der Waals surface area contributed by atoms with Crippen LogP contribution in [-0.2, 0) is 9.59 Å². The second-order valence-corrected chi connectivity index (χ2v) is 6.68. The molecule has 2 atom stereocenters. The molecular formula is C15H22N2O3S. The molecule has 1 saturated heterocycles. The van der Waals surface area contributed by atoms with Crippen molar-refractivity contribution in [2.45, 2.75) is 25.8 Å². The fourth-order valence-corrected chi connectivity index (χ4v) is 3.65. The van der Waals surface area contributed by atoms with Crippen LogP contribution in [0, 0.1) is 5.92 Å². The predicted octanol–water partition coefficient (Wildman–Crippen LogP) is 2.06. The van der Waals surface area contributed by atoms with E-state index in [1.54, 1.807) is 30.2 Å². The topological polar surface area (TPSA) is 60.9 Å². The largest absolute Gasteiger partial charge is 0.481 e. The first-order chi connectivity index (χ1) is 9.99. The average molecular weight is 310 g/mol. The number of nitrogens with zero attached hydrogens (tertiary/aromatic N) is 2. The standard InChI is InChI=1S/C15H22N2O3S/c1-11(15(19)20)9-16(2)10-14(18)17-7-3-5-12(17)13-6-4-8-21-13/h4,6,8,11-12H,3,5,7,9-10H2,1-2H3,(H,19,20). The van der Waals surface area contributed by atoms with Crippen LogP contribution in [0.2, 0.25) is 0 Å². The number of thiophene rings is 1. The van der Waals surface area contributed by atoms with E-state index in [0.29, 0.717) is 6.54 Å². The van der Waals surface area contributed by atoms with E-state index in [2.05, 4.69) is 6.07 Å². The van der Waals surface area contributed by atoms with E-state index in [1.807, 2.05) is 16.3 Å². The Labute approximate surface area is 129 Å². The Morgan fingerprint density at radius 2 is 2.33 bits per heavy atom. The van der Waals surface area contributed by atoms with Crippen LogP contribution in [0.15, 0.2) is 17.5 Å². The molecule has 1 N–H and O–H groups in total. The lowest BCUT2D eigenvalue weighted by molar-refractivity contribution is -0.142. The van der Waals surface area contributed by atoms with E-state index in [4.69, 9.17) is 5.11 Å². The third-order valence-corrected chi connectivity index (χ3v) is 4.83. The van der Waals surface area contributed by atoms with Gasteiger partial charge in [0.1, 0.15) is 0 Å². The summed E-state index contributed by atoms with van der Waals surface area (Å²) in [5.41, 5.74) is 0. The van der Waals surface area contributed by atoms with Gasteiger partial charge in [-0.25, -0.2) is 0 Å². The van der Waals surface area contributed by atoms with Crippen LogP contribution in [0.1, 0.15) is 30.7 Å². The summed E-state index contributed by atoms with van der Waals surface area (Å²) in [4.78, 5) is 28.3. The SMILES string of the molecule is CC(CN(C)CC(=O)N1CCCC1c1cccs1)C(=O)O. The molecule has 2 heterocycles. The van der Waals surface area contributed by atoms with Crippen molar-refractivity contribution in [1.82, 2.24) is 9.80 Å². The maximum Gasteiger partial charge on any atom is 0.307 e. The van der Waals surface area contributed by atoms with E-state index in [0.717, 1.165) is 19.4 Å². The molecule has 0 spiro atoms. The Balaban J connectivity index is 1.92. The van der Waals surface area contributed by atoms with Gasteiger partial charge in [-0.15, -0.1) is 11.3 Å². The van der Waals surface area contributed by atoms with E-state index < -0.39 is 11.9 Å². The van der Waals surface area contributed by atoms with Crippen LogP contribution >= 0.6 is 11.3 Å². The van der Waals surface area contributed by atoms with Crippen molar-refractivity contribution in [2.24, 2.45) is 5.92 Å². The molecule has 1 amide bonds. The molecule has 1 aliphatic rings. The van der Waals surface area contributed by atoms with Crippen LogP contribution in [0.5, 0.6) is 0 Å². The van der Waals surface area contributed by atoms with Crippen molar-refractivity contribution >= 4 is 23.2 Å². The average Bonchev–Trinajstić information content (AvgIpc) is 3.08. The lowest BCUT2D eigenvalue weighted by Gasteiger charge is -2.27. The zero-order valence-electron chi connectivity index (χ0n) is 12.5. The molecule has 6 heteroatoms. The van der Waals surface area contributed by atoms with Crippen molar-refractivity contribution in [3.05, 3.63) is 22.4 Å². The normalized spacial score (nSPS) is 20.0. The van der Waals surface area contributed by atoms with Crippen molar-refractivity contribution in [1.29, 1.82) is 0 Å². The molecule has 0 aliphatic carbocycles. The highest BCUT2D eigenvalue weighted by Crippen LogP contribution is 2.34. The maximum atomic E-state index is 12.5. The first-order valence-electron chi connectivity index (χ1n) is 7.23. The highest BCUT2D eigenvalue weighted by atomic mass is 32.1. The summed E-state index contributed by atoms with van der Waals surface area (Å²) in [6, 6.07) is 4.29. The minimum absolute atomic E-state index is 0.0889. The van der Waals surface area contributed by atoms with Crippen molar-refractivity contribution in [3.63, 3.8) is 0 Å². The highest BCUT2D eigenvalue weighted by molar-refractivity contribution is 7.10. The summed E-state index contributed by atoms with van der Waals surface area (Å²) in [5, 5.41) is 11.0. The van der Waals surface area contributed by atoms with Gasteiger partial charge >= 0.3 is 5.97 Å². The minimum atomic E-state index is -0.827. The fraction of sp³-hybridized carbons (Fsp3) is 0.600. The lowest BCUT2D eigenvalue weighted by Crippen LogP contribution is -2.40. The van der Waals surface area contributed by atoms with Crippen molar-refractivity contribution < 1.29 is 14.7 Å². The van der Waals surface area contributed by atoms with Crippen molar-refractivity contribution in [2.75, 3.05) is 26.7 Å². The number of likely N-dealkylation sites (tertiary alicyclic amines) is 1. The van der Waals surface area contributed by atoms with Crippen molar-refractivity contribution in [3.8, 4) is 0 Å². The number of hydrogen-bond donors (Lipinski definition) is 1. The Kier molecular flexibility index (Phi) is 5.36. The molecule has 116 valence electrons. The van der Waals surface area contributed by atoms with E-state index in [9.17, 15) is 9.59 Å². The summed E-state index contributed by atoms with van der Waals surface area (Å²) in [6.07, 6.45) is 2.05. The molecule has 0 saturated carbocycles. The van der Waals surface area contributed by atoms with Crippen LogP contribution in [-0.4, -0.2) is 53.5 Å². The Hall–Kier alpha value is -1.40. The Bertz CT molecular complexity index is 489. The van der Waals surface area contributed by atoms with E-state index >= 15 is 0 Å². The Morgan fingerprint density at radius 1 is 1.57 bits per heavy atom. The zero-order valence-corrected chi connectivity index (χ0v) is 13.3. The third kappa shape index (κ3) is 4.04. The van der Waals surface area contributed by atoms with Crippen LogP contribution < -0.4 is 0 Å². The quantitative estimate of drug-likeness (QED) is 0.874. The molecule has 1 aromatic heterocycles. The molecule has 1 aliphatic heterocycles. The van der Waals surface area contributed by atoms with Gasteiger partial charge in [0.2, 0.25) is 5.91 Å². The monoisotopic (exact) mass is 310 g/mol. The fourth-order valence-electron chi connectivity index (χ4n) is 2.77. The molecule has 2 rings (SSSR count). The molecule has 0 aromatic carbocycles. The summed E-state index contributed by atoms with van der Waals surface area (Å²) < 4.78 is 0. The predicted molar refractivity (Wildman–Crippen MR) is 82.3 cm³/mol. The Morgan fingerprint density at radius 3 is 2.95 bits per heavy atom. The number of hydrogen-bond acceptors (Lipinski definition) is 4. The number of amides is 1. The number of aliphatic carboxylic acids is 1. The summed E-state index contributed by atoms with van der Waals surface area (Å²) >= 11 is 1.69. The van der Waals surface area contributed by atoms with Crippen LogP contribution in [0.4, 0.5) is 0 Å².